The van der Waals surface area contributed by atoms with Crippen LogP contribution in [0.2, 0.25) is 0 Å². The molecule has 1 aliphatic carbocycles. The van der Waals surface area contributed by atoms with E-state index in [-0.39, 0.29) is 0 Å². The highest BCUT2D eigenvalue weighted by atomic mass is 79.9. The molecule has 94 valence electrons. The Labute approximate surface area is 113 Å². The van der Waals surface area contributed by atoms with Crippen LogP contribution in [0.5, 0.6) is 5.75 Å². The van der Waals surface area contributed by atoms with Crippen LogP contribution in [0.15, 0.2) is 18.2 Å². The molecule has 0 amide bonds. The van der Waals surface area contributed by atoms with E-state index in [9.17, 15) is 0 Å². The fraction of sp³-hybridized carbons (Fsp3) is 0.600. The Balaban J connectivity index is 2.46. The largest absolute Gasteiger partial charge is 0.496 e. The summed E-state index contributed by atoms with van der Waals surface area (Å²) in [5.41, 5.74) is 3.12. The molecule has 0 aromatic heterocycles. The average Bonchev–Trinajstić information content (AvgIpc) is 2.88. The van der Waals surface area contributed by atoms with Crippen molar-refractivity contribution >= 4 is 15.9 Å². The van der Waals surface area contributed by atoms with E-state index in [1.165, 1.54) is 36.8 Å². The lowest BCUT2D eigenvalue weighted by molar-refractivity contribution is 0.388. The van der Waals surface area contributed by atoms with Gasteiger partial charge < -0.3 is 4.74 Å². The van der Waals surface area contributed by atoms with Crippen molar-refractivity contribution in [3.63, 3.8) is 0 Å². The molecule has 2 rings (SSSR count). The van der Waals surface area contributed by atoms with Gasteiger partial charge in [0.15, 0.2) is 0 Å². The average molecular weight is 297 g/mol. The first-order chi connectivity index (χ1) is 8.25. The van der Waals surface area contributed by atoms with Crippen LogP contribution in [0.3, 0.4) is 0 Å². The predicted molar refractivity (Wildman–Crippen MR) is 76.3 cm³/mol. The van der Waals surface area contributed by atoms with E-state index in [1.54, 1.807) is 7.11 Å². The van der Waals surface area contributed by atoms with Gasteiger partial charge in [-0.3, -0.25) is 0 Å². The highest BCUT2D eigenvalue weighted by molar-refractivity contribution is 9.09. The molecule has 1 aromatic rings. The number of halogens is 1. The lowest BCUT2D eigenvalue weighted by atomic mass is 9.79. The third kappa shape index (κ3) is 2.37. The van der Waals surface area contributed by atoms with Crippen LogP contribution in [0.1, 0.15) is 43.7 Å². The molecule has 0 bridgehead atoms. The molecular weight excluding hydrogens is 276 g/mol. The molecule has 0 saturated heterocycles. The summed E-state index contributed by atoms with van der Waals surface area (Å²) in [7, 11) is 1.78. The quantitative estimate of drug-likeness (QED) is 0.745. The molecule has 1 fully saturated rings. The van der Waals surface area contributed by atoms with Gasteiger partial charge in [0.1, 0.15) is 5.75 Å². The lowest BCUT2D eigenvalue weighted by Crippen LogP contribution is -2.24. The molecule has 0 heterocycles. The SMILES string of the molecule is CCc1ccc(OC)c(C2(CBr)CCCC2)c1. The molecule has 0 unspecified atom stereocenters. The van der Waals surface area contributed by atoms with Crippen molar-refractivity contribution in [2.45, 2.75) is 44.4 Å². The maximum absolute atomic E-state index is 5.56. The van der Waals surface area contributed by atoms with E-state index in [0.717, 1.165) is 17.5 Å². The molecule has 0 radical (unpaired) electrons. The third-order valence-corrected chi connectivity index (χ3v) is 5.13. The Hall–Kier alpha value is -0.500. The second-order valence-corrected chi connectivity index (χ2v) is 5.57. The first kappa shape index (κ1) is 12.9. The molecule has 1 aliphatic rings. The van der Waals surface area contributed by atoms with E-state index in [4.69, 9.17) is 4.74 Å². The minimum Gasteiger partial charge on any atom is -0.496 e. The summed E-state index contributed by atoms with van der Waals surface area (Å²) in [5, 5.41) is 1.05. The summed E-state index contributed by atoms with van der Waals surface area (Å²) in [5.74, 6) is 1.06. The highest BCUT2D eigenvalue weighted by Crippen LogP contribution is 2.46. The van der Waals surface area contributed by atoms with Gasteiger partial charge in [0.25, 0.3) is 0 Å². The smallest absolute Gasteiger partial charge is 0.122 e. The summed E-state index contributed by atoms with van der Waals surface area (Å²) in [4.78, 5) is 0. The Morgan fingerprint density at radius 2 is 2.00 bits per heavy atom. The van der Waals surface area contributed by atoms with E-state index in [2.05, 4.69) is 41.1 Å². The lowest BCUT2D eigenvalue weighted by Gasteiger charge is -2.29. The molecule has 17 heavy (non-hydrogen) atoms. The fourth-order valence-electron chi connectivity index (χ4n) is 2.92. The van der Waals surface area contributed by atoms with Gasteiger partial charge in [0, 0.05) is 16.3 Å². The molecule has 0 aliphatic heterocycles. The van der Waals surface area contributed by atoms with Gasteiger partial charge in [-0.2, -0.15) is 0 Å². The number of alkyl halides is 1. The normalized spacial score (nSPS) is 18.3. The zero-order chi connectivity index (χ0) is 12.3. The maximum atomic E-state index is 5.56. The van der Waals surface area contributed by atoms with Gasteiger partial charge in [-0.25, -0.2) is 0 Å². The van der Waals surface area contributed by atoms with Crippen LogP contribution in [-0.4, -0.2) is 12.4 Å². The predicted octanol–water partition coefficient (Wildman–Crippen LogP) is 4.46. The van der Waals surface area contributed by atoms with Gasteiger partial charge in [-0.15, -0.1) is 0 Å². The fourth-order valence-corrected chi connectivity index (χ4v) is 3.78. The van der Waals surface area contributed by atoms with Crippen molar-refractivity contribution in [1.82, 2.24) is 0 Å². The zero-order valence-corrected chi connectivity index (χ0v) is 12.3. The molecular formula is C15H21BrO. The monoisotopic (exact) mass is 296 g/mol. The molecule has 1 saturated carbocycles. The Morgan fingerprint density at radius 1 is 1.29 bits per heavy atom. The molecule has 0 atom stereocenters. The molecule has 1 aromatic carbocycles. The number of methoxy groups -OCH3 is 1. The van der Waals surface area contributed by atoms with Crippen LogP contribution in [0.4, 0.5) is 0 Å². The highest BCUT2D eigenvalue weighted by Gasteiger charge is 2.36. The van der Waals surface area contributed by atoms with E-state index in [0.29, 0.717) is 5.41 Å². The first-order valence-electron chi connectivity index (χ1n) is 6.49. The topological polar surface area (TPSA) is 9.23 Å². The molecule has 1 nitrogen and oxygen atoms in total. The van der Waals surface area contributed by atoms with Gasteiger partial charge >= 0.3 is 0 Å². The van der Waals surface area contributed by atoms with Crippen molar-refractivity contribution in [3.8, 4) is 5.75 Å². The van der Waals surface area contributed by atoms with Crippen molar-refractivity contribution in [3.05, 3.63) is 29.3 Å². The Kier molecular flexibility index (Phi) is 4.13. The maximum Gasteiger partial charge on any atom is 0.122 e. The zero-order valence-electron chi connectivity index (χ0n) is 10.8. The third-order valence-electron chi connectivity index (χ3n) is 4.06. The van der Waals surface area contributed by atoms with Crippen LogP contribution in [0, 0.1) is 0 Å². The standard InChI is InChI=1S/C15H21BrO/c1-3-12-6-7-14(17-2)13(10-12)15(11-16)8-4-5-9-15/h6-7,10H,3-5,8-9,11H2,1-2H3. The van der Waals surface area contributed by atoms with Crippen molar-refractivity contribution in [2.24, 2.45) is 0 Å². The van der Waals surface area contributed by atoms with Crippen molar-refractivity contribution < 1.29 is 4.74 Å². The summed E-state index contributed by atoms with van der Waals surface area (Å²) >= 11 is 3.72. The number of hydrogen-bond donors (Lipinski definition) is 0. The first-order valence-corrected chi connectivity index (χ1v) is 7.61. The Bertz CT molecular complexity index is 381. The van der Waals surface area contributed by atoms with Gasteiger partial charge in [-0.05, 0) is 30.9 Å². The van der Waals surface area contributed by atoms with Crippen molar-refractivity contribution in [2.75, 3.05) is 12.4 Å². The minimum absolute atomic E-state index is 0.302. The van der Waals surface area contributed by atoms with Crippen LogP contribution in [-0.2, 0) is 11.8 Å². The second kappa shape index (κ2) is 5.43. The number of ether oxygens (including phenoxy) is 1. The summed E-state index contributed by atoms with van der Waals surface area (Å²) in [6, 6.07) is 6.67. The number of rotatable bonds is 4. The van der Waals surface area contributed by atoms with E-state index in [1.807, 2.05) is 0 Å². The number of benzene rings is 1. The van der Waals surface area contributed by atoms with E-state index >= 15 is 0 Å². The summed E-state index contributed by atoms with van der Waals surface area (Å²) in [6.45, 7) is 2.21. The van der Waals surface area contributed by atoms with Crippen LogP contribution >= 0.6 is 15.9 Å². The Morgan fingerprint density at radius 3 is 2.53 bits per heavy atom. The number of hydrogen-bond acceptors (Lipinski definition) is 1. The molecule has 0 spiro atoms. The van der Waals surface area contributed by atoms with Gasteiger partial charge in [0.2, 0.25) is 0 Å². The van der Waals surface area contributed by atoms with Gasteiger partial charge in [-0.1, -0.05) is 47.8 Å². The minimum atomic E-state index is 0.302. The number of aryl methyl sites for hydroxylation is 1. The molecule has 0 N–H and O–H groups in total. The summed E-state index contributed by atoms with van der Waals surface area (Å²) < 4.78 is 5.56. The van der Waals surface area contributed by atoms with E-state index < -0.39 is 0 Å². The second-order valence-electron chi connectivity index (χ2n) is 5.01. The van der Waals surface area contributed by atoms with Crippen LogP contribution in [0.25, 0.3) is 0 Å². The van der Waals surface area contributed by atoms with Crippen molar-refractivity contribution in [1.29, 1.82) is 0 Å². The summed E-state index contributed by atoms with van der Waals surface area (Å²) in [6.07, 6.45) is 6.33. The van der Waals surface area contributed by atoms with Gasteiger partial charge in [0.05, 0.1) is 7.11 Å². The van der Waals surface area contributed by atoms with Crippen LogP contribution < -0.4 is 4.74 Å². The molecule has 2 heteroatoms.